The van der Waals surface area contributed by atoms with E-state index in [-0.39, 0.29) is 17.6 Å². The molecule has 1 amide bonds. The Morgan fingerprint density at radius 2 is 1.79 bits per heavy atom. The van der Waals surface area contributed by atoms with Crippen LogP contribution in [0.4, 0.5) is 0 Å². The minimum absolute atomic E-state index is 0.151. The molecule has 0 saturated heterocycles. The van der Waals surface area contributed by atoms with Crippen molar-refractivity contribution < 1.29 is 9.21 Å². The van der Waals surface area contributed by atoms with Crippen molar-refractivity contribution >= 4 is 40.0 Å². The second-order valence-corrected chi connectivity index (χ2v) is 10.1. The minimum Gasteiger partial charge on any atom is -0.447 e. The fourth-order valence-electron chi connectivity index (χ4n) is 4.52. The first kappa shape index (κ1) is 26.0. The van der Waals surface area contributed by atoms with Crippen LogP contribution in [0.3, 0.4) is 0 Å². The van der Waals surface area contributed by atoms with Crippen molar-refractivity contribution in [1.82, 2.24) is 20.2 Å². The quantitative estimate of drug-likeness (QED) is 0.194. The van der Waals surface area contributed by atoms with E-state index in [1.807, 2.05) is 61.5 Å². The maximum Gasteiger partial charge on any atom is 0.273 e. The van der Waals surface area contributed by atoms with Crippen molar-refractivity contribution in [1.29, 1.82) is 0 Å². The molecule has 0 spiro atoms. The smallest absolute Gasteiger partial charge is 0.273 e. The molecule has 3 aromatic carbocycles. The molecule has 0 aliphatic heterocycles. The predicted molar refractivity (Wildman–Crippen MR) is 151 cm³/mol. The zero-order valence-corrected chi connectivity index (χ0v) is 22.5. The number of nitrogens with one attached hydrogen (secondary N) is 2. The molecular weight excluding hydrogens is 519 g/mol. The van der Waals surface area contributed by atoms with Crippen LogP contribution in [0, 0.1) is 0 Å². The van der Waals surface area contributed by atoms with E-state index in [0.29, 0.717) is 29.0 Å². The number of carbonyl (C=O) groups excluding carboxylic acids is 1. The molecule has 6 nitrogen and oxygen atoms in total. The van der Waals surface area contributed by atoms with Crippen LogP contribution in [0.25, 0.3) is 10.9 Å². The van der Waals surface area contributed by atoms with Crippen molar-refractivity contribution in [3.05, 3.63) is 124 Å². The molecule has 0 aliphatic rings. The summed E-state index contributed by atoms with van der Waals surface area (Å²) in [6.07, 6.45) is 4.27. The Morgan fingerprint density at radius 1 is 1.00 bits per heavy atom. The molecule has 0 aliphatic carbocycles. The average molecular weight is 547 g/mol. The molecule has 0 radical (unpaired) electrons. The number of hydrogen-bond acceptors (Lipinski definition) is 4. The summed E-state index contributed by atoms with van der Waals surface area (Å²) in [4.78, 5) is 22.8. The molecule has 0 bridgehead atoms. The highest BCUT2D eigenvalue weighted by Gasteiger charge is 2.19. The number of amides is 1. The van der Waals surface area contributed by atoms with Crippen molar-refractivity contribution in [2.24, 2.45) is 0 Å². The summed E-state index contributed by atoms with van der Waals surface area (Å²) in [6.45, 7) is 3.62. The maximum atomic E-state index is 12.8. The Balaban J connectivity index is 1.30. The molecule has 1 unspecified atom stereocenters. The number of rotatable bonds is 10. The van der Waals surface area contributed by atoms with Crippen LogP contribution in [-0.4, -0.2) is 27.3 Å². The largest absolute Gasteiger partial charge is 0.447 e. The molecular formula is C30H28Cl2N4O2. The zero-order chi connectivity index (χ0) is 26.5. The third-order valence-electron chi connectivity index (χ3n) is 6.59. The Morgan fingerprint density at radius 3 is 2.63 bits per heavy atom. The molecule has 194 valence electrons. The normalized spacial score (nSPS) is 12.2. The van der Waals surface area contributed by atoms with E-state index in [1.54, 1.807) is 6.07 Å². The number of halogens is 2. The average Bonchev–Trinajstić information content (AvgIpc) is 3.57. The summed E-state index contributed by atoms with van der Waals surface area (Å²) in [5.74, 6) is 0.180. The van der Waals surface area contributed by atoms with Gasteiger partial charge >= 0.3 is 0 Å². The summed E-state index contributed by atoms with van der Waals surface area (Å²) in [6, 6.07) is 23.5. The van der Waals surface area contributed by atoms with Gasteiger partial charge in [-0.15, -0.1) is 0 Å². The third-order valence-corrected chi connectivity index (χ3v) is 7.45. The van der Waals surface area contributed by atoms with Gasteiger partial charge in [-0.25, -0.2) is 4.98 Å². The van der Waals surface area contributed by atoms with Gasteiger partial charge in [0.25, 0.3) is 5.91 Å². The lowest BCUT2D eigenvalue weighted by molar-refractivity contribution is 0.0934. The van der Waals surface area contributed by atoms with Crippen molar-refractivity contribution in [3.8, 4) is 0 Å². The van der Waals surface area contributed by atoms with Gasteiger partial charge in [-0.05, 0) is 42.2 Å². The highest BCUT2D eigenvalue weighted by Crippen LogP contribution is 2.27. The second-order valence-electron chi connectivity index (χ2n) is 9.27. The number of benzene rings is 3. The topological polar surface area (TPSA) is 74.2 Å². The molecule has 1 atom stereocenters. The van der Waals surface area contributed by atoms with Crippen LogP contribution < -0.4 is 5.32 Å². The van der Waals surface area contributed by atoms with E-state index in [0.717, 1.165) is 29.6 Å². The summed E-state index contributed by atoms with van der Waals surface area (Å²) >= 11 is 12.8. The fourth-order valence-corrected chi connectivity index (χ4v) is 4.90. The first-order chi connectivity index (χ1) is 18.5. The molecule has 38 heavy (non-hydrogen) atoms. The fraction of sp³-hybridized carbons (Fsp3) is 0.200. The molecule has 2 N–H and O–H groups in total. The van der Waals surface area contributed by atoms with Crippen LogP contribution in [0.2, 0.25) is 10.0 Å². The van der Waals surface area contributed by atoms with E-state index in [9.17, 15) is 4.79 Å². The molecule has 0 saturated carbocycles. The maximum absolute atomic E-state index is 12.8. The van der Waals surface area contributed by atoms with Gasteiger partial charge < -0.3 is 14.7 Å². The minimum atomic E-state index is -0.278. The van der Waals surface area contributed by atoms with E-state index >= 15 is 0 Å². The van der Waals surface area contributed by atoms with Gasteiger partial charge in [0.05, 0.1) is 22.6 Å². The van der Waals surface area contributed by atoms with E-state index in [4.69, 9.17) is 27.6 Å². The number of para-hydroxylation sites is 1. The molecule has 2 aromatic heterocycles. The first-order valence-electron chi connectivity index (χ1n) is 12.5. The highest BCUT2D eigenvalue weighted by molar-refractivity contribution is 6.42. The number of aromatic nitrogens is 2. The molecule has 5 rings (SSSR count). The lowest BCUT2D eigenvalue weighted by atomic mass is 10.1. The van der Waals surface area contributed by atoms with Crippen molar-refractivity contribution in [3.63, 3.8) is 0 Å². The lowest BCUT2D eigenvalue weighted by Gasteiger charge is -2.21. The number of nitrogens with zero attached hydrogens (tertiary/aromatic N) is 2. The summed E-state index contributed by atoms with van der Waals surface area (Å²) < 4.78 is 5.72. The zero-order valence-electron chi connectivity index (χ0n) is 21.0. The van der Waals surface area contributed by atoms with Gasteiger partial charge in [0, 0.05) is 30.2 Å². The van der Waals surface area contributed by atoms with Gasteiger partial charge in [-0.1, -0.05) is 83.9 Å². The second kappa shape index (κ2) is 11.9. The first-order valence-corrected chi connectivity index (χ1v) is 13.2. The molecule has 8 heteroatoms. The van der Waals surface area contributed by atoms with Crippen LogP contribution in [-0.2, 0) is 19.5 Å². The predicted octanol–water partition coefficient (Wildman–Crippen LogP) is 7.20. The SMILES string of the molecule is CC(NC(=O)c1coc(CN(CCc2c[nH]c3ccccc23)Cc2cccc(Cl)c2Cl)n1)c1ccccc1. The number of hydrogen-bond donors (Lipinski definition) is 2. The monoisotopic (exact) mass is 546 g/mol. The molecule has 5 aromatic rings. The van der Waals surface area contributed by atoms with Gasteiger partial charge in [0.1, 0.15) is 6.26 Å². The van der Waals surface area contributed by atoms with Gasteiger partial charge in [0.2, 0.25) is 5.89 Å². The lowest BCUT2D eigenvalue weighted by Crippen LogP contribution is -2.27. The molecule has 2 heterocycles. The van der Waals surface area contributed by atoms with E-state index in [2.05, 4.69) is 38.5 Å². The number of aromatic amines is 1. The third kappa shape index (κ3) is 6.10. The number of carbonyl (C=O) groups is 1. The van der Waals surface area contributed by atoms with E-state index in [1.165, 1.54) is 17.2 Å². The Labute approximate surface area is 231 Å². The highest BCUT2D eigenvalue weighted by atomic mass is 35.5. The van der Waals surface area contributed by atoms with Gasteiger partial charge in [-0.3, -0.25) is 9.69 Å². The standard InChI is InChI=1S/C30H28Cl2N4O2/c1-20(21-8-3-2-4-9-21)34-30(37)27-19-38-28(35-27)18-36(17-23-10-7-12-25(31)29(23)32)15-14-22-16-33-26-13-6-5-11-24(22)26/h2-13,16,19-20,33H,14-15,17-18H2,1H3,(H,34,37). The Bertz CT molecular complexity index is 1530. The van der Waals surface area contributed by atoms with Crippen LogP contribution in [0.15, 0.2) is 89.7 Å². The van der Waals surface area contributed by atoms with Crippen LogP contribution in [0.5, 0.6) is 0 Å². The summed E-state index contributed by atoms with van der Waals surface area (Å²) in [5.41, 5.74) is 4.52. The Hall–Kier alpha value is -3.58. The summed E-state index contributed by atoms with van der Waals surface area (Å²) in [7, 11) is 0. The van der Waals surface area contributed by atoms with Gasteiger partial charge in [0.15, 0.2) is 5.69 Å². The number of fused-ring (bicyclic) bond motifs is 1. The Kier molecular flexibility index (Phi) is 8.13. The van der Waals surface area contributed by atoms with Crippen LogP contribution >= 0.6 is 23.2 Å². The van der Waals surface area contributed by atoms with E-state index < -0.39 is 0 Å². The van der Waals surface area contributed by atoms with Gasteiger partial charge in [-0.2, -0.15) is 0 Å². The molecule has 0 fully saturated rings. The van der Waals surface area contributed by atoms with Crippen LogP contribution in [0.1, 0.15) is 46.0 Å². The summed E-state index contributed by atoms with van der Waals surface area (Å²) in [5, 5.41) is 5.24. The van der Waals surface area contributed by atoms with Crippen molar-refractivity contribution in [2.75, 3.05) is 6.54 Å². The number of oxazole rings is 1. The van der Waals surface area contributed by atoms with Crippen molar-refractivity contribution in [2.45, 2.75) is 32.5 Å². The number of H-pyrrole nitrogens is 1.